The first-order valence-corrected chi connectivity index (χ1v) is 6.38. The second kappa shape index (κ2) is 6.31. The molecule has 0 aliphatic rings. The van der Waals surface area contributed by atoms with Crippen LogP contribution in [-0.2, 0) is 6.42 Å². The number of rotatable bonds is 6. The van der Waals surface area contributed by atoms with Crippen molar-refractivity contribution in [3.05, 3.63) is 36.2 Å². The summed E-state index contributed by atoms with van der Waals surface area (Å²) in [5.74, 6) is 1.36. The van der Waals surface area contributed by atoms with Crippen LogP contribution in [0.1, 0.15) is 25.7 Å². The summed E-state index contributed by atoms with van der Waals surface area (Å²) in [6.07, 6.45) is 3.04. The molecule has 4 nitrogen and oxygen atoms in total. The van der Waals surface area contributed by atoms with Crippen molar-refractivity contribution in [2.75, 3.05) is 7.05 Å². The first kappa shape index (κ1) is 12.8. The van der Waals surface area contributed by atoms with Gasteiger partial charge in [0.1, 0.15) is 0 Å². The molecule has 4 heteroatoms. The highest BCUT2D eigenvalue weighted by atomic mass is 16.5. The molecule has 0 bridgehead atoms. The number of nitrogens with zero attached hydrogens (tertiary/aromatic N) is 2. The van der Waals surface area contributed by atoms with Gasteiger partial charge in [-0.1, -0.05) is 48.8 Å². The number of hydrogen-bond acceptors (Lipinski definition) is 4. The van der Waals surface area contributed by atoms with Crippen molar-refractivity contribution in [1.29, 1.82) is 0 Å². The Morgan fingerprint density at radius 3 is 2.72 bits per heavy atom. The van der Waals surface area contributed by atoms with Crippen LogP contribution in [-0.4, -0.2) is 23.2 Å². The van der Waals surface area contributed by atoms with Gasteiger partial charge in [0, 0.05) is 18.0 Å². The standard InChI is InChI=1S/C14H19N3O/c1-3-7-12(15-2)10-13-16-14(17-18-13)11-8-5-4-6-9-11/h4-6,8-9,12,15H,3,7,10H2,1-2H3. The number of hydrogen-bond donors (Lipinski definition) is 1. The van der Waals surface area contributed by atoms with E-state index in [0.717, 1.165) is 24.8 Å². The average Bonchev–Trinajstić information content (AvgIpc) is 2.88. The molecule has 1 N–H and O–H groups in total. The number of aromatic nitrogens is 2. The maximum absolute atomic E-state index is 5.30. The molecule has 0 radical (unpaired) electrons. The summed E-state index contributed by atoms with van der Waals surface area (Å²) in [4.78, 5) is 4.43. The van der Waals surface area contributed by atoms with Gasteiger partial charge in [-0.05, 0) is 13.5 Å². The van der Waals surface area contributed by atoms with Crippen LogP contribution in [0.15, 0.2) is 34.9 Å². The molecule has 0 aliphatic carbocycles. The average molecular weight is 245 g/mol. The van der Waals surface area contributed by atoms with E-state index in [4.69, 9.17) is 4.52 Å². The van der Waals surface area contributed by atoms with Crippen LogP contribution in [0.3, 0.4) is 0 Å². The van der Waals surface area contributed by atoms with Crippen molar-refractivity contribution in [2.24, 2.45) is 0 Å². The van der Waals surface area contributed by atoms with Gasteiger partial charge < -0.3 is 9.84 Å². The maximum Gasteiger partial charge on any atom is 0.228 e. The van der Waals surface area contributed by atoms with Crippen LogP contribution in [0.5, 0.6) is 0 Å². The molecule has 1 unspecified atom stereocenters. The topological polar surface area (TPSA) is 51.0 Å². The molecule has 1 aromatic heterocycles. The third kappa shape index (κ3) is 3.17. The van der Waals surface area contributed by atoms with Crippen molar-refractivity contribution in [3.8, 4) is 11.4 Å². The summed E-state index contributed by atoms with van der Waals surface area (Å²) in [6.45, 7) is 2.17. The molecule has 0 saturated heterocycles. The lowest BCUT2D eigenvalue weighted by Crippen LogP contribution is -2.27. The zero-order valence-corrected chi connectivity index (χ0v) is 10.9. The molecule has 2 rings (SSSR count). The van der Waals surface area contributed by atoms with Crippen LogP contribution in [0.25, 0.3) is 11.4 Å². The van der Waals surface area contributed by atoms with Gasteiger partial charge in [0.05, 0.1) is 0 Å². The molecule has 0 fully saturated rings. The van der Waals surface area contributed by atoms with E-state index in [1.807, 2.05) is 37.4 Å². The molecule has 1 aromatic carbocycles. The summed E-state index contributed by atoms with van der Waals surface area (Å²) in [5.41, 5.74) is 0.990. The number of benzene rings is 1. The van der Waals surface area contributed by atoms with Gasteiger partial charge in [0.15, 0.2) is 0 Å². The minimum atomic E-state index is 0.402. The molecule has 0 amide bonds. The Bertz CT molecular complexity index is 467. The second-order valence-electron chi connectivity index (χ2n) is 4.36. The van der Waals surface area contributed by atoms with Gasteiger partial charge in [-0.3, -0.25) is 0 Å². The fraction of sp³-hybridized carbons (Fsp3) is 0.429. The van der Waals surface area contributed by atoms with Crippen LogP contribution in [0.2, 0.25) is 0 Å². The second-order valence-corrected chi connectivity index (χ2v) is 4.36. The Hall–Kier alpha value is -1.68. The van der Waals surface area contributed by atoms with Crippen molar-refractivity contribution in [2.45, 2.75) is 32.2 Å². The van der Waals surface area contributed by atoms with Gasteiger partial charge in [0.2, 0.25) is 11.7 Å². The Morgan fingerprint density at radius 1 is 1.28 bits per heavy atom. The molecule has 1 atom stereocenters. The molecule has 18 heavy (non-hydrogen) atoms. The Kier molecular flexibility index (Phi) is 4.47. The van der Waals surface area contributed by atoms with E-state index in [1.165, 1.54) is 0 Å². The van der Waals surface area contributed by atoms with Gasteiger partial charge >= 0.3 is 0 Å². The highest BCUT2D eigenvalue weighted by molar-refractivity contribution is 5.53. The molecule has 1 heterocycles. The van der Waals surface area contributed by atoms with E-state index in [2.05, 4.69) is 22.4 Å². The lowest BCUT2D eigenvalue weighted by molar-refractivity contribution is 0.356. The quantitative estimate of drug-likeness (QED) is 0.850. The molecule has 0 spiro atoms. The van der Waals surface area contributed by atoms with Gasteiger partial charge in [-0.15, -0.1) is 0 Å². The van der Waals surface area contributed by atoms with Crippen molar-refractivity contribution >= 4 is 0 Å². The third-order valence-electron chi connectivity index (χ3n) is 2.97. The number of nitrogens with one attached hydrogen (secondary N) is 1. The SMILES string of the molecule is CCCC(Cc1nc(-c2ccccc2)no1)NC. The molecular formula is C14H19N3O. The summed E-state index contributed by atoms with van der Waals surface area (Å²) in [5, 5.41) is 7.29. The smallest absolute Gasteiger partial charge is 0.228 e. The molecule has 0 aliphatic heterocycles. The maximum atomic E-state index is 5.30. The van der Waals surface area contributed by atoms with Crippen molar-refractivity contribution < 1.29 is 4.52 Å². The predicted molar refractivity (Wildman–Crippen MR) is 71.2 cm³/mol. The summed E-state index contributed by atoms with van der Waals surface area (Å²) in [7, 11) is 1.97. The molecule has 96 valence electrons. The van der Waals surface area contributed by atoms with E-state index < -0.39 is 0 Å². The van der Waals surface area contributed by atoms with Crippen molar-refractivity contribution in [1.82, 2.24) is 15.5 Å². The number of likely N-dealkylation sites (N-methyl/N-ethyl adjacent to an activating group) is 1. The predicted octanol–water partition coefficient (Wildman–Crippen LogP) is 2.67. The van der Waals surface area contributed by atoms with Gasteiger partial charge in [-0.2, -0.15) is 4.98 Å². The molecule has 0 saturated carbocycles. The lowest BCUT2D eigenvalue weighted by Gasteiger charge is -2.11. The monoisotopic (exact) mass is 245 g/mol. The van der Waals surface area contributed by atoms with Crippen molar-refractivity contribution in [3.63, 3.8) is 0 Å². The first-order valence-electron chi connectivity index (χ1n) is 6.38. The fourth-order valence-corrected chi connectivity index (χ4v) is 1.95. The third-order valence-corrected chi connectivity index (χ3v) is 2.97. The molecular weight excluding hydrogens is 226 g/mol. The summed E-state index contributed by atoms with van der Waals surface area (Å²) in [6, 6.07) is 10.3. The van der Waals surface area contributed by atoms with E-state index in [1.54, 1.807) is 0 Å². The summed E-state index contributed by atoms with van der Waals surface area (Å²) >= 11 is 0. The van der Waals surface area contributed by atoms with Gasteiger partial charge in [0.25, 0.3) is 0 Å². The van der Waals surface area contributed by atoms with Crippen LogP contribution < -0.4 is 5.32 Å². The fourth-order valence-electron chi connectivity index (χ4n) is 1.95. The van der Waals surface area contributed by atoms with Gasteiger partial charge in [-0.25, -0.2) is 0 Å². The largest absolute Gasteiger partial charge is 0.339 e. The summed E-state index contributed by atoms with van der Waals surface area (Å²) < 4.78 is 5.30. The first-order chi connectivity index (χ1) is 8.83. The van der Waals surface area contributed by atoms with Crippen LogP contribution in [0.4, 0.5) is 0 Å². The minimum Gasteiger partial charge on any atom is -0.339 e. The Labute approximate surface area is 107 Å². The highest BCUT2D eigenvalue weighted by Gasteiger charge is 2.13. The Morgan fingerprint density at radius 2 is 2.06 bits per heavy atom. The molecule has 2 aromatic rings. The normalized spacial score (nSPS) is 12.6. The highest BCUT2D eigenvalue weighted by Crippen LogP contribution is 2.15. The zero-order valence-electron chi connectivity index (χ0n) is 10.9. The van der Waals surface area contributed by atoms with E-state index in [9.17, 15) is 0 Å². The van der Waals surface area contributed by atoms with E-state index >= 15 is 0 Å². The Balaban J connectivity index is 2.06. The van der Waals surface area contributed by atoms with Crippen LogP contribution in [0, 0.1) is 0 Å². The van der Waals surface area contributed by atoms with Crippen LogP contribution >= 0.6 is 0 Å². The van der Waals surface area contributed by atoms with E-state index in [0.29, 0.717) is 17.8 Å². The van der Waals surface area contributed by atoms with E-state index in [-0.39, 0.29) is 0 Å². The zero-order chi connectivity index (χ0) is 12.8. The minimum absolute atomic E-state index is 0.402. The lowest BCUT2D eigenvalue weighted by atomic mass is 10.1.